The van der Waals surface area contributed by atoms with Crippen LogP contribution in [0.5, 0.6) is 0 Å². The summed E-state index contributed by atoms with van der Waals surface area (Å²) in [5, 5.41) is 14.2. The molecule has 3 rings (SSSR count). The van der Waals surface area contributed by atoms with Crippen molar-refractivity contribution in [2.24, 2.45) is 0 Å². The summed E-state index contributed by atoms with van der Waals surface area (Å²) in [5.74, 6) is 1.00. The van der Waals surface area contributed by atoms with Gasteiger partial charge in [0.15, 0.2) is 5.69 Å². The van der Waals surface area contributed by atoms with E-state index in [1.807, 2.05) is 23.1 Å². The Kier molecular flexibility index (Phi) is 8.31. The predicted octanol–water partition coefficient (Wildman–Crippen LogP) is 0.524. The summed E-state index contributed by atoms with van der Waals surface area (Å²) in [5.41, 5.74) is 2.42. The number of fused-ring (bicyclic) bond motifs is 1. The Labute approximate surface area is 169 Å². The molecule has 1 unspecified atom stereocenters. The molecule has 9 nitrogen and oxygen atoms in total. The maximum absolute atomic E-state index is 12.9. The van der Waals surface area contributed by atoms with E-state index in [9.17, 15) is 9.59 Å². The second-order valence-electron chi connectivity index (χ2n) is 7.06. The highest BCUT2D eigenvalue weighted by atomic mass is 32.2. The lowest BCUT2D eigenvalue weighted by Gasteiger charge is -2.28. The number of carbonyl (C=O) groups is 3. The Hall–Kier alpha value is -2.07. The van der Waals surface area contributed by atoms with Crippen LogP contribution >= 0.6 is 11.8 Å². The first-order valence-corrected chi connectivity index (χ1v) is 10.7. The molecular formula is C18H29N5O4S. The molecule has 2 aliphatic rings. The van der Waals surface area contributed by atoms with E-state index in [2.05, 4.69) is 22.1 Å². The van der Waals surface area contributed by atoms with Crippen molar-refractivity contribution in [2.75, 3.05) is 45.7 Å². The van der Waals surface area contributed by atoms with Crippen LogP contribution in [-0.2, 0) is 22.6 Å². The van der Waals surface area contributed by atoms with Gasteiger partial charge >= 0.3 is 0 Å². The van der Waals surface area contributed by atoms with Gasteiger partial charge in [0.2, 0.25) is 5.91 Å². The van der Waals surface area contributed by atoms with Crippen LogP contribution in [0.2, 0.25) is 0 Å². The van der Waals surface area contributed by atoms with Crippen molar-refractivity contribution in [3.05, 3.63) is 17.0 Å². The number of amides is 2. The summed E-state index contributed by atoms with van der Waals surface area (Å²) >= 11 is 1.68. The number of likely N-dealkylation sites (tertiary alicyclic amines) is 1. The third kappa shape index (κ3) is 5.26. The molecule has 2 N–H and O–H groups in total. The Morgan fingerprint density at radius 1 is 1.43 bits per heavy atom. The largest absolute Gasteiger partial charge is 0.483 e. The molecule has 1 aromatic rings. The molecular weight excluding hydrogens is 382 g/mol. The quantitative estimate of drug-likeness (QED) is 0.680. The number of likely N-dealkylation sites (N-methyl/N-ethyl adjacent to an activating group) is 2. The van der Waals surface area contributed by atoms with E-state index in [4.69, 9.17) is 9.90 Å². The fourth-order valence-electron chi connectivity index (χ4n) is 3.62. The zero-order chi connectivity index (χ0) is 20.7. The minimum absolute atomic E-state index is 0.0139. The fraction of sp³-hybridized carbons (Fsp3) is 0.667. The number of nitrogens with one attached hydrogen (secondary N) is 1. The molecule has 0 radical (unpaired) electrons. The Balaban J connectivity index is 0.000000878. The number of H-pyrrole nitrogens is 1. The third-order valence-electron chi connectivity index (χ3n) is 5.24. The number of rotatable bonds is 5. The molecule has 1 aromatic heterocycles. The standard InChI is InChI=1S/C17H27N5O2S.CH2O2/c1-20-7-4-12(10-20)21(2)17(24)16-13-5-8-22(11-14(13)18-19-16)15(23)6-9-25-3;2-1-3/h12H,4-11H2,1-3H3,(H,18,19);1H,(H,2,3). The zero-order valence-electron chi connectivity index (χ0n) is 16.7. The van der Waals surface area contributed by atoms with Crippen LogP contribution < -0.4 is 0 Å². The van der Waals surface area contributed by atoms with Gasteiger partial charge in [-0.1, -0.05) is 0 Å². The molecule has 1 saturated heterocycles. The van der Waals surface area contributed by atoms with E-state index < -0.39 is 0 Å². The molecule has 2 aliphatic heterocycles. The third-order valence-corrected chi connectivity index (χ3v) is 5.86. The van der Waals surface area contributed by atoms with Crippen molar-refractivity contribution >= 4 is 30.0 Å². The highest BCUT2D eigenvalue weighted by Crippen LogP contribution is 2.23. The van der Waals surface area contributed by atoms with Gasteiger partial charge in [-0.05, 0) is 32.7 Å². The lowest BCUT2D eigenvalue weighted by atomic mass is 10.0. The second kappa shape index (κ2) is 10.5. The number of carbonyl (C=O) groups excluding carboxylic acids is 2. The number of thioether (sulfide) groups is 1. The van der Waals surface area contributed by atoms with Crippen LogP contribution in [0.15, 0.2) is 0 Å². The average molecular weight is 412 g/mol. The molecule has 10 heteroatoms. The van der Waals surface area contributed by atoms with Gasteiger partial charge in [0.05, 0.1) is 12.2 Å². The first-order valence-electron chi connectivity index (χ1n) is 9.29. The molecule has 0 saturated carbocycles. The number of hydrogen-bond acceptors (Lipinski definition) is 6. The van der Waals surface area contributed by atoms with Crippen LogP contribution in [0.25, 0.3) is 0 Å². The van der Waals surface area contributed by atoms with Gasteiger partial charge in [-0.25, -0.2) is 0 Å². The summed E-state index contributed by atoms with van der Waals surface area (Å²) in [6.45, 7) is 2.87. The van der Waals surface area contributed by atoms with Gasteiger partial charge < -0.3 is 19.8 Å². The van der Waals surface area contributed by atoms with Crippen LogP contribution in [-0.4, -0.2) is 100 Å². The first kappa shape index (κ1) is 22.2. The molecule has 1 atom stereocenters. The van der Waals surface area contributed by atoms with Crippen LogP contribution in [0, 0.1) is 0 Å². The molecule has 2 amide bonds. The molecule has 28 heavy (non-hydrogen) atoms. The van der Waals surface area contributed by atoms with Crippen LogP contribution in [0.1, 0.15) is 34.6 Å². The molecule has 0 spiro atoms. The fourth-order valence-corrected chi connectivity index (χ4v) is 3.99. The maximum atomic E-state index is 12.9. The SMILES string of the molecule is CSCCC(=O)N1CCc2c(C(=O)N(C)C3CCN(C)C3)n[nH]c2C1.O=CO. The van der Waals surface area contributed by atoms with Crippen LogP contribution in [0.4, 0.5) is 0 Å². The predicted molar refractivity (Wildman–Crippen MR) is 107 cm³/mol. The van der Waals surface area contributed by atoms with E-state index in [0.717, 1.165) is 36.5 Å². The summed E-state index contributed by atoms with van der Waals surface area (Å²) in [4.78, 5) is 39.4. The van der Waals surface area contributed by atoms with E-state index in [1.165, 1.54) is 0 Å². The van der Waals surface area contributed by atoms with Crippen LogP contribution in [0.3, 0.4) is 0 Å². The molecule has 1 fully saturated rings. The van der Waals surface area contributed by atoms with Crippen molar-refractivity contribution in [3.8, 4) is 0 Å². The van der Waals surface area contributed by atoms with E-state index in [0.29, 0.717) is 31.6 Å². The van der Waals surface area contributed by atoms with Gasteiger partial charge in [0, 0.05) is 43.9 Å². The van der Waals surface area contributed by atoms with E-state index >= 15 is 0 Å². The van der Waals surface area contributed by atoms with Gasteiger partial charge in [-0.2, -0.15) is 16.9 Å². The number of aromatic nitrogens is 2. The molecule has 0 aromatic carbocycles. The Bertz CT molecular complexity index is 696. The summed E-state index contributed by atoms with van der Waals surface area (Å²) in [6.07, 6.45) is 4.26. The normalized spacial score (nSPS) is 18.8. The van der Waals surface area contributed by atoms with Gasteiger partial charge in [0.1, 0.15) is 0 Å². The Morgan fingerprint density at radius 2 is 2.14 bits per heavy atom. The molecule has 0 bridgehead atoms. The topological polar surface area (TPSA) is 110 Å². The average Bonchev–Trinajstić information content (AvgIpc) is 3.31. The minimum atomic E-state index is -0.250. The monoisotopic (exact) mass is 411 g/mol. The number of aromatic amines is 1. The van der Waals surface area contributed by atoms with E-state index in [1.54, 1.807) is 11.8 Å². The van der Waals surface area contributed by atoms with E-state index in [-0.39, 0.29) is 24.3 Å². The lowest BCUT2D eigenvalue weighted by Crippen LogP contribution is -2.40. The number of nitrogens with zero attached hydrogens (tertiary/aromatic N) is 4. The number of hydrogen-bond donors (Lipinski definition) is 2. The van der Waals surface area contributed by atoms with Gasteiger partial charge in [0.25, 0.3) is 12.4 Å². The van der Waals surface area contributed by atoms with Gasteiger partial charge in [-0.15, -0.1) is 0 Å². The van der Waals surface area contributed by atoms with Crippen molar-refractivity contribution in [3.63, 3.8) is 0 Å². The van der Waals surface area contributed by atoms with Crippen molar-refractivity contribution in [1.82, 2.24) is 24.9 Å². The number of carboxylic acid groups (broad SMARTS) is 1. The first-order chi connectivity index (χ1) is 13.4. The molecule has 3 heterocycles. The second-order valence-corrected chi connectivity index (χ2v) is 8.05. The summed E-state index contributed by atoms with van der Waals surface area (Å²) in [7, 11) is 3.95. The molecule has 156 valence electrons. The molecule has 0 aliphatic carbocycles. The minimum Gasteiger partial charge on any atom is -0.483 e. The smallest absolute Gasteiger partial charge is 0.290 e. The van der Waals surface area contributed by atoms with Crippen molar-refractivity contribution in [1.29, 1.82) is 0 Å². The van der Waals surface area contributed by atoms with Gasteiger partial charge in [-0.3, -0.25) is 19.5 Å². The Morgan fingerprint density at radius 3 is 2.75 bits per heavy atom. The maximum Gasteiger partial charge on any atom is 0.290 e. The lowest BCUT2D eigenvalue weighted by molar-refractivity contribution is -0.131. The summed E-state index contributed by atoms with van der Waals surface area (Å²) < 4.78 is 0. The zero-order valence-corrected chi connectivity index (χ0v) is 17.5. The van der Waals surface area contributed by atoms with Crippen molar-refractivity contribution < 1.29 is 19.5 Å². The van der Waals surface area contributed by atoms with Crippen molar-refractivity contribution in [2.45, 2.75) is 31.8 Å². The highest BCUT2D eigenvalue weighted by Gasteiger charge is 2.32. The summed E-state index contributed by atoms with van der Waals surface area (Å²) in [6, 6.07) is 0.248. The highest BCUT2D eigenvalue weighted by molar-refractivity contribution is 7.98.